The Labute approximate surface area is 142 Å². The van der Waals surface area contributed by atoms with Crippen molar-refractivity contribution in [3.63, 3.8) is 0 Å². The molecule has 2 nitrogen and oxygen atoms in total. The second kappa shape index (κ2) is 6.87. The number of nitrogens with zero attached hydrogens (tertiary/aromatic N) is 2. The number of para-hydroxylation sites is 1. The van der Waals surface area contributed by atoms with Gasteiger partial charge in [-0.1, -0.05) is 65.1 Å². The Morgan fingerprint density at radius 3 is 2.13 bits per heavy atom. The average molecular weight is 327 g/mol. The van der Waals surface area contributed by atoms with Gasteiger partial charge in [-0.25, -0.2) is 0 Å². The van der Waals surface area contributed by atoms with Gasteiger partial charge in [0.25, 0.3) is 0 Å². The Balaban J connectivity index is 2.45. The molecule has 1 aromatic heterocycles. The van der Waals surface area contributed by atoms with Gasteiger partial charge in [0.1, 0.15) is 0 Å². The zero-order valence-electron chi connectivity index (χ0n) is 15.4. The molecule has 0 aliphatic carbocycles. The number of hydrogen-bond acceptors (Lipinski definition) is 2. The molecule has 2 rings (SSSR count). The van der Waals surface area contributed by atoms with E-state index in [2.05, 4.69) is 92.8 Å². The van der Waals surface area contributed by atoms with Crippen LogP contribution in [0.4, 0.5) is 5.69 Å². The molecule has 0 amide bonds. The number of anilines is 1. The monoisotopic (exact) mass is 326 g/mol. The van der Waals surface area contributed by atoms with Crippen LogP contribution in [0.25, 0.3) is 0 Å². The van der Waals surface area contributed by atoms with Crippen LogP contribution in [0.2, 0.25) is 18.1 Å². The fraction of sp³-hybridized carbons (Fsp3) is 0.450. The molecule has 0 radical (unpaired) electrons. The fourth-order valence-electron chi connectivity index (χ4n) is 2.93. The van der Waals surface area contributed by atoms with E-state index in [4.69, 9.17) is 0 Å². The maximum atomic E-state index is 4.57. The largest absolute Gasteiger partial charge is 0.392 e. The summed E-state index contributed by atoms with van der Waals surface area (Å²) in [5.41, 5.74) is 2.44. The SMILES string of the molecule is CC(C)C(C)(C)[Si](C)(C)N(Cc1ccccn1)c1ccccc1. The zero-order valence-corrected chi connectivity index (χ0v) is 16.4. The molecule has 0 unspecified atom stereocenters. The predicted molar refractivity (Wildman–Crippen MR) is 103 cm³/mol. The molecular weight excluding hydrogens is 296 g/mol. The van der Waals surface area contributed by atoms with Gasteiger partial charge in [0.15, 0.2) is 8.24 Å². The van der Waals surface area contributed by atoms with Crippen molar-refractivity contribution in [2.24, 2.45) is 5.92 Å². The summed E-state index contributed by atoms with van der Waals surface area (Å²) >= 11 is 0. The highest BCUT2D eigenvalue weighted by molar-refractivity contribution is 6.83. The van der Waals surface area contributed by atoms with Crippen molar-refractivity contribution in [2.45, 2.75) is 52.4 Å². The zero-order chi connectivity index (χ0) is 17.1. The van der Waals surface area contributed by atoms with E-state index >= 15 is 0 Å². The summed E-state index contributed by atoms with van der Waals surface area (Å²) in [4.78, 5) is 4.57. The lowest BCUT2D eigenvalue weighted by atomic mass is 9.99. The molecule has 0 saturated heterocycles. The molecular formula is C20H30N2Si. The Kier molecular flexibility index (Phi) is 5.30. The molecule has 0 N–H and O–H groups in total. The molecule has 1 heterocycles. The van der Waals surface area contributed by atoms with E-state index < -0.39 is 8.24 Å². The van der Waals surface area contributed by atoms with E-state index in [0.717, 1.165) is 12.2 Å². The Hall–Kier alpha value is -1.61. The van der Waals surface area contributed by atoms with Gasteiger partial charge in [-0.3, -0.25) is 4.98 Å². The molecule has 23 heavy (non-hydrogen) atoms. The van der Waals surface area contributed by atoms with Crippen LogP contribution in [-0.2, 0) is 6.54 Å². The average Bonchev–Trinajstić information content (AvgIpc) is 2.54. The lowest BCUT2D eigenvalue weighted by molar-refractivity contribution is 0.454. The molecule has 0 aliphatic heterocycles. The van der Waals surface area contributed by atoms with Gasteiger partial charge in [-0.05, 0) is 35.2 Å². The summed E-state index contributed by atoms with van der Waals surface area (Å²) in [5.74, 6) is 0.638. The van der Waals surface area contributed by atoms with Crippen molar-refractivity contribution in [3.8, 4) is 0 Å². The minimum Gasteiger partial charge on any atom is -0.392 e. The van der Waals surface area contributed by atoms with Gasteiger partial charge in [0.05, 0.1) is 12.2 Å². The van der Waals surface area contributed by atoms with Crippen LogP contribution in [-0.4, -0.2) is 13.2 Å². The Morgan fingerprint density at radius 1 is 1.00 bits per heavy atom. The van der Waals surface area contributed by atoms with E-state index in [0.29, 0.717) is 5.92 Å². The van der Waals surface area contributed by atoms with E-state index in [1.165, 1.54) is 5.69 Å². The number of rotatable bonds is 6. The lowest BCUT2D eigenvalue weighted by Crippen LogP contribution is -2.57. The van der Waals surface area contributed by atoms with Gasteiger partial charge in [0.2, 0.25) is 0 Å². The standard InChI is InChI=1S/C20H30N2Si/c1-17(2)20(3,4)23(5,6)22(19-13-8-7-9-14-19)16-18-12-10-11-15-21-18/h7-15,17H,16H2,1-6H3. The van der Waals surface area contributed by atoms with Crippen molar-refractivity contribution in [1.82, 2.24) is 4.98 Å². The van der Waals surface area contributed by atoms with Crippen molar-refractivity contribution < 1.29 is 0 Å². The first-order valence-corrected chi connectivity index (χ1v) is 11.4. The number of hydrogen-bond donors (Lipinski definition) is 0. The van der Waals surface area contributed by atoms with E-state index in [-0.39, 0.29) is 5.04 Å². The highest BCUT2D eigenvalue weighted by atomic mass is 28.3. The smallest absolute Gasteiger partial charge is 0.156 e. The van der Waals surface area contributed by atoms with Crippen LogP contribution in [0, 0.1) is 5.92 Å². The summed E-state index contributed by atoms with van der Waals surface area (Å²) in [7, 11) is -1.75. The minimum absolute atomic E-state index is 0.289. The predicted octanol–water partition coefficient (Wildman–Crippen LogP) is 5.73. The van der Waals surface area contributed by atoms with E-state index in [1.54, 1.807) is 0 Å². The summed E-state index contributed by atoms with van der Waals surface area (Å²) < 4.78 is 2.63. The molecule has 124 valence electrons. The van der Waals surface area contributed by atoms with Crippen molar-refractivity contribution >= 4 is 13.9 Å². The molecule has 0 saturated carbocycles. The van der Waals surface area contributed by atoms with Crippen LogP contribution in [0.1, 0.15) is 33.4 Å². The second-order valence-corrected chi connectivity index (χ2v) is 12.6. The summed E-state index contributed by atoms with van der Waals surface area (Å²) in [6.45, 7) is 15.4. The quantitative estimate of drug-likeness (QED) is 0.630. The van der Waals surface area contributed by atoms with Crippen LogP contribution < -0.4 is 4.57 Å². The van der Waals surface area contributed by atoms with E-state index in [1.807, 2.05) is 12.3 Å². The molecule has 0 atom stereocenters. The number of aromatic nitrogens is 1. The first kappa shape index (κ1) is 17.7. The molecule has 0 aliphatic rings. The van der Waals surface area contributed by atoms with Crippen LogP contribution in [0.3, 0.4) is 0 Å². The maximum Gasteiger partial charge on any atom is 0.156 e. The highest BCUT2D eigenvalue weighted by Gasteiger charge is 2.46. The Morgan fingerprint density at radius 2 is 1.61 bits per heavy atom. The van der Waals surface area contributed by atoms with Gasteiger partial charge in [-0.2, -0.15) is 0 Å². The third kappa shape index (κ3) is 3.66. The molecule has 0 fully saturated rings. The highest BCUT2D eigenvalue weighted by Crippen LogP contribution is 2.47. The van der Waals surface area contributed by atoms with Crippen LogP contribution in [0.5, 0.6) is 0 Å². The normalized spacial score (nSPS) is 12.5. The molecule has 1 aromatic carbocycles. The van der Waals surface area contributed by atoms with Gasteiger partial charge in [-0.15, -0.1) is 0 Å². The first-order valence-electron chi connectivity index (χ1n) is 8.49. The lowest BCUT2D eigenvalue weighted by Gasteiger charge is -2.51. The van der Waals surface area contributed by atoms with Gasteiger partial charge >= 0.3 is 0 Å². The third-order valence-electron chi connectivity index (χ3n) is 5.81. The molecule has 3 heteroatoms. The van der Waals surface area contributed by atoms with Crippen molar-refractivity contribution in [1.29, 1.82) is 0 Å². The molecule has 0 bridgehead atoms. The van der Waals surface area contributed by atoms with Crippen molar-refractivity contribution in [3.05, 3.63) is 60.4 Å². The Bertz CT molecular complexity index is 606. The molecule has 2 aromatic rings. The minimum atomic E-state index is -1.75. The number of pyridine rings is 1. The topological polar surface area (TPSA) is 16.1 Å². The summed E-state index contributed by atoms with van der Waals surface area (Å²) in [6, 6.07) is 17.0. The summed E-state index contributed by atoms with van der Waals surface area (Å²) in [5, 5.41) is 0.289. The van der Waals surface area contributed by atoms with Crippen molar-refractivity contribution in [2.75, 3.05) is 4.57 Å². The number of benzene rings is 1. The molecule has 0 spiro atoms. The first-order chi connectivity index (χ1) is 10.8. The van der Waals surface area contributed by atoms with Crippen LogP contribution in [0.15, 0.2) is 54.7 Å². The second-order valence-electron chi connectivity index (χ2n) is 7.68. The van der Waals surface area contributed by atoms with E-state index in [9.17, 15) is 0 Å². The summed E-state index contributed by atoms with van der Waals surface area (Å²) in [6.07, 6.45) is 1.89. The van der Waals surface area contributed by atoms with Crippen LogP contribution >= 0.6 is 0 Å². The van der Waals surface area contributed by atoms with Gasteiger partial charge < -0.3 is 4.57 Å². The fourth-order valence-corrected chi connectivity index (χ4v) is 6.39. The third-order valence-corrected chi connectivity index (χ3v) is 11.3. The van der Waals surface area contributed by atoms with Gasteiger partial charge in [0, 0.05) is 11.9 Å². The maximum absolute atomic E-state index is 4.57.